The number of hydrogen-bond donors (Lipinski definition) is 0. The number of carbonyl (C=O) groups is 1. The van der Waals surface area contributed by atoms with Gasteiger partial charge >= 0.3 is 5.97 Å². The molecule has 1 heterocycles. The fourth-order valence-corrected chi connectivity index (χ4v) is 2.97. The van der Waals surface area contributed by atoms with E-state index in [9.17, 15) is 10.1 Å². The van der Waals surface area contributed by atoms with Crippen molar-refractivity contribution in [3.8, 4) is 23.1 Å². The lowest BCUT2D eigenvalue weighted by Crippen LogP contribution is -2.11. The van der Waals surface area contributed by atoms with E-state index in [4.69, 9.17) is 4.74 Å². The standard InChI is InChI=1S/C24H22N2O2/c1-16(2)13-22-21(15-25)20(18-11-9-17(3)10-12-18)14-23(26-22)28-24(27)19-7-5-4-6-8-19/h4-12,14,16H,13H2,1-3H3. The van der Waals surface area contributed by atoms with Gasteiger partial charge in [-0.25, -0.2) is 9.78 Å². The van der Waals surface area contributed by atoms with Crippen molar-refractivity contribution in [3.05, 3.63) is 83.0 Å². The Morgan fingerprint density at radius 3 is 2.39 bits per heavy atom. The SMILES string of the molecule is Cc1ccc(-c2cc(OC(=O)c3ccccc3)nc(CC(C)C)c2C#N)cc1. The zero-order valence-electron chi connectivity index (χ0n) is 16.3. The molecule has 0 amide bonds. The van der Waals surface area contributed by atoms with Crippen LogP contribution in [0.15, 0.2) is 60.7 Å². The lowest BCUT2D eigenvalue weighted by molar-refractivity contribution is 0.0727. The third-order valence-corrected chi connectivity index (χ3v) is 4.35. The Bertz CT molecular complexity index is 1020. The van der Waals surface area contributed by atoms with E-state index < -0.39 is 5.97 Å². The van der Waals surface area contributed by atoms with Crippen LogP contribution < -0.4 is 4.74 Å². The number of carbonyl (C=O) groups excluding carboxylic acids is 1. The van der Waals surface area contributed by atoms with Crippen molar-refractivity contribution in [1.29, 1.82) is 5.26 Å². The van der Waals surface area contributed by atoms with Crippen LogP contribution in [0.2, 0.25) is 0 Å². The Balaban J connectivity index is 2.07. The minimum Gasteiger partial charge on any atom is -0.404 e. The van der Waals surface area contributed by atoms with E-state index in [0.29, 0.717) is 29.2 Å². The van der Waals surface area contributed by atoms with E-state index in [0.717, 1.165) is 16.7 Å². The van der Waals surface area contributed by atoms with Gasteiger partial charge in [0.25, 0.3) is 0 Å². The van der Waals surface area contributed by atoms with Gasteiger partial charge in [-0.05, 0) is 37.0 Å². The number of nitrogens with zero attached hydrogens (tertiary/aromatic N) is 2. The smallest absolute Gasteiger partial charge is 0.344 e. The van der Waals surface area contributed by atoms with Gasteiger partial charge in [-0.2, -0.15) is 5.26 Å². The molecule has 4 heteroatoms. The normalized spacial score (nSPS) is 10.5. The van der Waals surface area contributed by atoms with Crippen LogP contribution in [0.25, 0.3) is 11.1 Å². The van der Waals surface area contributed by atoms with Crippen LogP contribution in [0.3, 0.4) is 0 Å². The first kappa shape index (κ1) is 19.3. The van der Waals surface area contributed by atoms with Crippen molar-refractivity contribution in [2.45, 2.75) is 27.2 Å². The highest BCUT2D eigenvalue weighted by atomic mass is 16.5. The Morgan fingerprint density at radius 2 is 1.79 bits per heavy atom. The molecule has 0 saturated heterocycles. The van der Waals surface area contributed by atoms with Crippen LogP contribution in [0.4, 0.5) is 0 Å². The van der Waals surface area contributed by atoms with Crippen molar-refractivity contribution in [2.24, 2.45) is 5.92 Å². The average molecular weight is 370 g/mol. The van der Waals surface area contributed by atoms with Crippen molar-refractivity contribution in [1.82, 2.24) is 4.98 Å². The van der Waals surface area contributed by atoms with E-state index in [1.54, 1.807) is 30.3 Å². The predicted molar refractivity (Wildman–Crippen MR) is 109 cm³/mol. The van der Waals surface area contributed by atoms with E-state index >= 15 is 0 Å². The molecule has 3 aromatic rings. The van der Waals surface area contributed by atoms with Gasteiger partial charge in [0.05, 0.1) is 16.8 Å². The highest BCUT2D eigenvalue weighted by molar-refractivity contribution is 5.91. The first-order valence-electron chi connectivity index (χ1n) is 9.26. The molecule has 0 fully saturated rings. The molecule has 0 spiro atoms. The summed E-state index contributed by atoms with van der Waals surface area (Å²) in [5.41, 5.74) is 4.38. The molecule has 0 N–H and O–H groups in total. The highest BCUT2D eigenvalue weighted by Gasteiger charge is 2.18. The van der Waals surface area contributed by atoms with E-state index in [2.05, 4.69) is 24.9 Å². The molecule has 0 aliphatic rings. The zero-order valence-corrected chi connectivity index (χ0v) is 16.3. The Labute approximate surface area is 165 Å². The molecule has 0 aliphatic carbocycles. The number of pyridine rings is 1. The van der Waals surface area contributed by atoms with Crippen LogP contribution in [0.5, 0.6) is 5.88 Å². The van der Waals surface area contributed by atoms with Crippen molar-refractivity contribution in [3.63, 3.8) is 0 Å². The van der Waals surface area contributed by atoms with E-state index in [-0.39, 0.29) is 5.88 Å². The average Bonchev–Trinajstić information content (AvgIpc) is 2.68. The van der Waals surface area contributed by atoms with Crippen molar-refractivity contribution >= 4 is 5.97 Å². The van der Waals surface area contributed by atoms with Gasteiger partial charge < -0.3 is 4.74 Å². The summed E-state index contributed by atoms with van der Waals surface area (Å²) in [6.07, 6.45) is 0.623. The van der Waals surface area contributed by atoms with Crippen LogP contribution in [-0.2, 0) is 6.42 Å². The summed E-state index contributed by atoms with van der Waals surface area (Å²) in [5.74, 6) is 0.0489. The second-order valence-corrected chi connectivity index (χ2v) is 7.16. The first-order chi connectivity index (χ1) is 13.5. The topological polar surface area (TPSA) is 63.0 Å². The summed E-state index contributed by atoms with van der Waals surface area (Å²) in [4.78, 5) is 17.0. The fraction of sp³-hybridized carbons (Fsp3) is 0.208. The predicted octanol–water partition coefficient (Wildman–Crippen LogP) is 5.35. The van der Waals surface area contributed by atoms with Gasteiger partial charge in [-0.3, -0.25) is 0 Å². The summed E-state index contributed by atoms with van der Waals surface area (Å²) >= 11 is 0. The maximum absolute atomic E-state index is 12.5. The van der Waals surface area contributed by atoms with Crippen LogP contribution in [0, 0.1) is 24.2 Å². The van der Waals surface area contributed by atoms with E-state index in [1.807, 2.05) is 37.3 Å². The fourth-order valence-electron chi connectivity index (χ4n) is 2.97. The molecule has 0 radical (unpaired) electrons. The largest absolute Gasteiger partial charge is 0.404 e. The van der Waals surface area contributed by atoms with Crippen molar-refractivity contribution < 1.29 is 9.53 Å². The number of rotatable bonds is 5. The highest BCUT2D eigenvalue weighted by Crippen LogP contribution is 2.30. The van der Waals surface area contributed by atoms with Crippen molar-refractivity contribution in [2.75, 3.05) is 0 Å². The first-order valence-corrected chi connectivity index (χ1v) is 9.26. The molecular formula is C24H22N2O2. The number of hydrogen-bond acceptors (Lipinski definition) is 4. The maximum atomic E-state index is 12.5. The summed E-state index contributed by atoms with van der Waals surface area (Å²) < 4.78 is 5.55. The monoisotopic (exact) mass is 370 g/mol. The minimum atomic E-state index is -0.469. The van der Waals surface area contributed by atoms with Gasteiger partial charge in [0, 0.05) is 11.6 Å². The molecule has 0 unspecified atom stereocenters. The summed E-state index contributed by atoms with van der Waals surface area (Å²) in [7, 11) is 0. The van der Waals surface area contributed by atoms with Crippen LogP contribution >= 0.6 is 0 Å². The Kier molecular flexibility index (Phi) is 5.86. The molecular weight excluding hydrogens is 348 g/mol. The lowest BCUT2D eigenvalue weighted by Gasteiger charge is -2.14. The number of nitriles is 1. The lowest BCUT2D eigenvalue weighted by atomic mass is 9.95. The van der Waals surface area contributed by atoms with Gasteiger partial charge in [0.1, 0.15) is 6.07 Å². The number of aromatic nitrogens is 1. The molecule has 0 saturated carbocycles. The molecule has 3 rings (SSSR count). The molecule has 0 bridgehead atoms. The number of ether oxygens (including phenoxy) is 1. The molecule has 1 aromatic heterocycles. The number of aryl methyl sites for hydroxylation is 1. The quantitative estimate of drug-likeness (QED) is 0.568. The molecule has 0 atom stereocenters. The second-order valence-electron chi connectivity index (χ2n) is 7.16. The third kappa shape index (κ3) is 4.44. The minimum absolute atomic E-state index is 0.207. The summed E-state index contributed by atoms with van der Waals surface area (Å²) in [6.45, 7) is 6.15. The molecule has 140 valence electrons. The Hall–Kier alpha value is -3.45. The van der Waals surface area contributed by atoms with Gasteiger partial charge in [0.15, 0.2) is 0 Å². The van der Waals surface area contributed by atoms with Gasteiger partial charge in [-0.1, -0.05) is 61.9 Å². The van der Waals surface area contributed by atoms with E-state index in [1.165, 1.54) is 0 Å². The molecule has 2 aromatic carbocycles. The summed E-state index contributed by atoms with van der Waals surface area (Å²) in [6, 6.07) is 20.7. The molecule has 4 nitrogen and oxygen atoms in total. The Morgan fingerprint density at radius 1 is 1.11 bits per heavy atom. The van der Waals surface area contributed by atoms with Gasteiger partial charge in [-0.15, -0.1) is 0 Å². The second kappa shape index (κ2) is 8.49. The van der Waals surface area contributed by atoms with Crippen LogP contribution in [-0.4, -0.2) is 11.0 Å². The molecule has 0 aliphatic heterocycles. The zero-order chi connectivity index (χ0) is 20.1. The van der Waals surface area contributed by atoms with Crippen LogP contribution in [0.1, 0.15) is 41.0 Å². The van der Waals surface area contributed by atoms with Gasteiger partial charge in [0.2, 0.25) is 5.88 Å². The number of benzene rings is 2. The number of esters is 1. The third-order valence-electron chi connectivity index (χ3n) is 4.35. The maximum Gasteiger partial charge on any atom is 0.344 e. The molecule has 28 heavy (non-hydrogen) atoms. The summed E-state index contributed by atoms with van der Waals surface area (Å²) in [5, 5.41) is 9.78.